The lowest BCUT2D eigenvalue weighted by atomic mass is 9.98. The number of amides is 5. The Bertz CT molecular complexity index is 3020. The molecule has 542 valence electrons. The minimum atomic E-state index is -1.30. The van der Waals surface area contributed by atoms with E-state index in [9.17, 15) is 47.9 Å². The second kappa shape index (κ2) is 40.7. The van der Waals surface area contributed by atoms with Crippen LogP contribution in [0.3, 0.4) is 0 Å². The van der Waals surface area contributed by atoms with E-state index in [-0.39, 0.29) is 82.7 Å². The number of ether oxygens (including phenoxy) is 6. The summed E-state index contributed by atoms with van der Waals surface area (Å²) in [6.07, 6.45) is 2.11. The first-order chi connectivity index (χ1) is 46.4. The predicted octanol–water partition coefficient (Wildman–Crippen LogP) is 6.44. The van der Waals surface area contributed by atoms with Crippen LogP contribution in [-0.2, 0) is 78.0 Å². The Morgan fingerprint density at radius 3 is 1.34 bits per heavy atom. The fraction of sp³-hybridized carbons (Fsp3) is 0.611. The summed E-state index contributed by atoms with van der Waals surface area (Å²) in [5.74, 6) is -4.80. The van der Waals surface area contributed by atoms with Gasteiger partial charge >= 0.3 is 35.9 Å². The Labute approximate surface area is 592 Å². The summed E-state index contributed by atoms with van der Waals surface area (Å²) < 4.78 is 34.0. The molecule has 5 N–H and O–H groups in total. The SMILES string of the molecule is COC(=O)C(CCC(=O)NC(CCCCNC(=O)CN1CCN(CC(=O)OC(C)(C)C)CCN(CC(=O)OC(C)(C)C)CCN(CC(=O)OC(C)(C)C)CC1)C(=O)NC(CCCCNC(=O)CCCc1ccc(I)cc1)C(=O)OC)NC(=O)OCC1c2ccccc2-c2ccccc21. The van der Waals surface area contributed by atoms with Crippen LogP contribution in [0.2, 0.25) is 0 Å². The number of carbonyl (C=O) groups is 10. The normalized spacial score (nSPS) is 15.4. The summed E-state index contributed by atoms with van der Waals surface area (Å²) in [4.78, 5) is 142. The summed E-state index contributed by atoms with van der Waals surface area (Å²) in [6.45, 7) is 19.3. The van der Waals surface area contributed by atoms with Crippen molar-refractivity contribution in [3.63, 3.8) is 0 Å². The topological polar surface area (TPSA) is 299 Å². The number of esters is 5. The molecule has 0 spiro atoms. The van der Waals surface area contributed by atoms with Crippen molar-refractivity contribution in [1.29, 1.82) is 0 Å². The Balaban J connectivity index is 1.24. The van der Waals surface area contributed by atoms with Gasteiger partial charge in [-0.05, 0) is 183 Å². The first-order valence-corrected chi connectivity index (χ1v) is 35.1. The quantitative estimate of drug-likeness (QED) is 0.0190. The molecule has 1 heterocycles. The van der Waals surface area contributed by atoms with Gasteiger partial charge in [0.25, 0.3) is 0 Å². The number of unbranched alkanes of at least 4 members (excludes halogenated alkanes) is 2. The number of methoxy groups -OCH3 is 2. The molecule has 0 radical (unpaired) electrons. The number of fused-ring (bicyclic) bond motifs is 3. The molecule has 3 unspecified atom stereocenters. The summed E-state index contributed by atoms with van der Waals surface area (Å²) >= 11 is 2.25. The molecule has 0 aromatic heterocycles. The van der Waals surface area contributed by atoms with Gasteiger partial charge in [0.1, 0.15) is 41.5 Å². The number of benzene rings is 3. The average molecular weight is 1480 g/mol. The molecule has 98 heavy (non-hydrogen) atoms. The van der Waals surface area contributed by atoms with Crippen LogP contribution in [0.1, 0.15) is 149 Å². The zero-order valence-corrected chi connectivity index (χ0v) is 61.5. The molecule has 5 rings (SSSR count). The van der Waals surface area contributed by atoms with Crippen LogP contribution in [0.5, 0.6) is 0 Å². The van der Waals surface area contributed by atoms with E-state index in [0.717, 1.165) is 44.9 Å². The zero-order chi connectivity index (χ0) is 72.0. The van der Waals surface area contributed by atoms with Gasteiger partial charge in [0.2, 0.25) is 23.6 Å². The molecule has 0 bridgehead atoms. The molecule has 25 nitrogen and oxygen atoms in total. The minimum Gasteiger partial charge on any atom is -0.467 e. The first-order valence-electron chi connectivity index (χ1n) is 34.1. The maximum absolute atomic E-state index is 14.3. The van der Waals surface area contributed by atoms with E-state index in [1.165, 1.54) is 7.11 Å². The van der Waals surface area contributed by atoms with E-state index in [1.54, 1.807) is 62.3 Å². The highest BCUT2D eigenvalue weighted by atomic mass is 127. The Hall–Kier alpha value is -7.27. The molecule has 3 aromatic rings. The van der Waals surface area contributed by atoms with Gasteiger partial charge in [-0.15, -0.1) is 0 Å². The van der Waals surface area contributed by atoms with Crippen molar-refractivity contribution in [2.45, 2.75) is 174 Å². The maximum atomic E-state index is 14.3. The molecule has 1 fully saturated rings. The monoisotopic (exact) mass is 1480 g/mol. The number of nitrogens with one attached hydrogen (secondary N) is 5. The largest absolute Gasteiger partial charge is 0.467 e. The Morgan fingerprint density at radius 2 is 0.888 bits per heavy atom. The van der Waals surface area contributed by atoms with Crippen molar-refractivity contribution in [3.8, 4) is 11.1 Å². The third-order valence-corrected chi connectivity index (χ3v) is 16.8. The molecule has 1 aliphatic carbocycles. The molecule has 1 saturated heterocycles. The number of rotatable bonds is 33. The lowest BCUT2D eigenvalue weighted by molar-refractivity contribution is -0.158. The molecule has 26 heteroatoms. The van der Waals surface area contributed by atoms with Crippen molar-refractivity contribution < 1.29 is 76.4 Å². The average Bonchev–Trinajstić information content (AvgIpc) is 1.62. The summed E-state index contributed by atoms with van der Waals surface area (Å²) in [7, 11) is 2.35. The third kappa shape index (κ3) is 31.3. The van der Waals surface area contributed by atoms with Crippen molar-refractivity contribution in [3.05, 3.63) is 93.1 Å². The van der Waals surface area contributed by atoms with E-state index >= 15 is 0 Å². The summed E-state index contributed by atoms with van der Waals surface area (Å²) in [5, 5.41) is 14.0. The number of alkyl carbamates (subject to hydrolysis) is 1. The van der Waals surface area contributed by atoms with Gasteiger partial charge in [-0.1, -0.05) is 60.7 Å². The lowest BCUT2D eigenvalue weighted by Gasteiger charge is -2.34. The molecular weight excluding hydrogens is 1370 g/mol. The van der Waals surface area contributed by atoms with E-state index in [1.807, 2.05) is 92.4 Å². The number of nitrogens with zero attached hydrogens (tertiary/aromatic N) is 4. The van der Waals surface area contributed by atoms with Gasteiger partial charge in [-0.2, -0.15) is 0 Å². The number of aryl methyl sites for hydroxylation is 1. The number of halogens is 1. The molecule has 2 aliphatic rings. The second-order valence-corrected chi connectivity index (χ2v) is 29.1. The molecule has 5 amide bonds. The standard InChI is InChI=1S/C72H106IN9O16/c1-70(2,3)96-63(86)46-80-39-37-79(38-40-81(47-64(87)97-71(4,5)6)42-44-82(43-41-80)48-65(88)98-72(7,8)9)45-62(85)75-36-18-16-26-57(66(89)77-58(67(90)93-10)27-17-19-35-74-60(83)28-20-21-50-29-31-51(73)32-30-50)76-61(84)34-33-59(68(91)94-11)78-69(92)95-49-56-54-24-14-12-22-52(54)53-23-13-15-25-55(53)56/h12-15,22-25,29-32,56-59H,16-21,26-28,33-49H2,1-11H3,(H,74,83)(H,75,85)(H,76,84)(H,77,89)(H,78,92). The van der Waals surface area contributed by atoms with Gasteiger partial charge in [-0.3, -0.25) is 53.2 Å². The highest BCUT2D eigenvalue weighted by Gasteiger charge is 2.33. The van der Waals surface area contributed by atoms with Crippen LogP contribution in [0.4, 0.5) is 4.79 Å². The molecule has 1 aliphatic heterocycles. The smallest absolute Gasteiger partial charge is 0.407 e. The van der Waals surface area contributed by atoms with Crippen LogP contribution in [0, 0.1) is 3.57 Å². The Kier molecular flexibility index (Phi) is 33.8. The van der Waals surface area contributed by atoms with E-state index in [4.69, 9.17) is 28.4 Å². The van der Waals surface area contributed by atoms with Crippen LogP contribution < -0.4 is 26.6 Å². The fourth-order valence-corrected chi connectivity index (χ4v) is 11.7. The lowest BCUT2D eigenvalue weighted by Crippen LogP contribution is -2.52. The second-order valence-electron chi connectivity index (χ2n) is 27.8. The molecule has 3 atom stereocenters. The van der Waals surface area contributed by atoms with E-state index < -0.39 is 82.7 Å². The van der Waals surface area contributed by atoms with Crippen molar-refractivity contribution in [2.24, 2.45) is 0 Å². The molecular formula is C72H106IN9O16. The summed E-state index contributed by atoms with van der Waals surface area (Å²) in [6, 6.07) is 20.2. The minimum absolute atomic E-state index is 0.0188. The van der Waals surface area contributed by atoms with E-state index in [2.05, 4.69) is 49.2 Å². The highest BCUT2D eigenvalue weighted by Crippen LogP contribution is 2.44. The molecule has 3 aromatic carbocycles. The van der Waals surface area contributed by atoms with Gasteiger partial charge in [0.05, 0.1) is 40.4 Å². The summed E-state index contributed by atoms with van der Waals surface area (Å²) in [5.41, 5.74) is 3.03. The highest BCUT2D eigenvalue weighted by molar-refractivity contribution is 14.1. The van der Waals surface area contributed by atoms with Crippen LogP contribution >= 0.6 is 22.6 Å². The predicted molar refractivity (Wildman–Crippen MR) is 378 cm³/mol. The van der Waals surface area contributed by atoms with Gasteiger partial charge in [0, 0.05) is 87.8 Å². The zero-order valence-electron chi connectivity index (χ0n) is 59.3. The number of hydrogen-bond donors (Lipinski definition) is 5. The molecule has 0 saturated carbocycles. The van der Waals surface area contributed by atoms with Crippen LogP contribution in [0.25, 0.3) is 11.1 Å². The van der Waals surface area contributed by atoms with Gasteiger partial charge in [-0.25, -0.2) is 14.4 Å². The van der Waals surface area contributed by atoms with Crippen molar-refractivity contribution >= 4 is 82.2 Å². The number of hydrogen-bond acceptors (Lipinski definition) is 20. The third-order valence-electron chi connectivity index (χ3n) is 16.1. The van der Waals surface area contributed by atoms with Gasteiger partial charge in [0.15, 0.2) is 0 Å². The fourth-order valence-electron chi connectivity index (χ4n) is 11.4. The first kappa shape index (κ1) is 81.4. The Morgan fingerprint density at radius 1 is 0.469 bits per heavy atom. The van der Waals surface area contributed by atoms with Crippen molar-refractivity contribution in [1.82, 2.24) is 46.2 Å². The number of carbonyl (C=O) groups excluding carboxylic acids is 10. The van der Waals surface area contributed by atoms with Crippen molar-refractivity contribution in [2.75, 3.05) is 112 Å². The van der Waals surface area contributed by atoms with Gasteiger partial charge < -0.3 is 55.0 Å². The van der Waals surface area contributed by atoms with E-state index in [0.29, 0.717) is 97.4 Å². The van der Waals surface area contributed by atoms with Crippen LogP contribution in [0.15, 0.2) is 72.8 Å². The maximum Gasteiger partial charge on any atom is 0.407 e. The van der Waals surface area contributed by atoms with Crippen LogP contribution in [-0.4, -0.2) is 227 Å².